The molecule has 1 N–H and O–H groups in total. The van der Waals surface area contributed by atoms with Gasteiger partial charge in [0.05, 0.1) is 0 Å². The average Bonchev–Trinajstić information content (AvgIpc) is 2.84. The molecular weight excluding hydrogens is 300 g/mol. The average molecular weight is 326 g/mol. The fourth-order valence-corrected chi connectivity index (χ4v) is 3.89. The number of carbonyl (C=O) groups is 3. The number of nitrogens with zero attached hydrogens (tertiary/aromatic N) is 1. The molecular formula is C16H26N2O3S. The Morgan fingerprint density at radius 2 is 2.00 bits per heavy atom. The van der Waals surface area contributed by atoms with E-state index < -0.39 is 0 Å². The molecule has 1 aliphatic carbocycles. The van der Waals surface area contributed by atoms with Gasteiger partial charge in [-0.25, -0.2) is 0 Å². The predicted octanol–water partition coefficient (Wildman–Crippen LogP) is 1.95. The molecule has 1 unspecified atom stereocenters. The van der Waals surface area contributed by atoms with Crippen LogP contribution in [0.4, 0.5) is 0 Å². The van der Waals surface area contributed by atoms with Gasteiger partial charge in [-0.1, -0.05) is 31.0 Å². The minimum Gasteiger partial charge on any atom is -0.353 e. The zero-order valence-corrected chi connectivity index (χ0v) is 14.1. The molecule has 1 saturated heterocycles. The Hall–Kier alpha value is -1.04. The third-order valence-corrected chi connectivity index (χ3v) is 5.44. The van der Waals surface area contributed by atoms with Crippen LogP contribution in [0.2, 0.25) is 0 Å². The van der Waals surface area contributed by atoms with Crippen LogP contribution in [0.3, 0.4) is 0 Å². The Bertz CT molecular complexity index is 422. The topological polar surface area (TPSA) is 66.5 Å². The van der Waals surface area contributed by atoms with Gasteiger partial charge in [-0.2, -0.15) is 0 Å². The fraction of sp³-hybridized carbons (Fsp3) is 0.812. The summed E-state index contributed by atoms with van der Waals surface area (Å²) in [6.45, 7) is 2.73. The molecule has 2 fully saturated rings. The van der Waals surface area contributed by atoms with Gasteiger partial charge in [0.1, 0.15) is 0 Å². The Morgan fingerprint density at radius 1 is 1.27 bits per heavy atom. The SMILES string of the molecule is CC(=O)SCC1CC(=O)N(CCC(=O)NC2CCCCC2)C1. The molecule has 1 atom stereocenters. The van der Waals surface area contributed by atoms with Gasteiger partial charge in [0.25, 0.3) is 0 Å². The zero-order chi connectivity index (χ0) is 15.9. The lowest BCUT2D eigenvalue weighted by atomic mass is 9.95. The van der Waals surface area contributed by atoms with Crippen molar-refractivity contribution >= 4 is 28.7 Å². The van der Waals surface area contributed by atoms with Gasteiger partial charge in [-0.15, -0.1) is 0 Å². The fourth-order valence-electron chi connectivity index (χ4n) is 3.20. The van der Waals surface area contributed by atoms with Gasteiger partial charge in [-0.3, -0.25) is 14.4 Å². The first-order valence-electron chi connectivity index (χ1n) is 8.25. The molecule has 124 valence electrons. The third kappa shape index (κ3) is 5.63. The normalized spacial score (nSPS) is 22.9. The van der Waals surface area contributed by atoms with Crippen molar-refractivity contribution < 1.29 is 14.4 Å². The third-order valence-electron chi connectivity index (χ3n) is 4.40. The molecule has 0 aromatic heterocycles. The summed E-state index contributed by atoms with van der Waals surface area (Å²) in [6, 6.07) is 0.329. The number of hydrogen-bond acceptors (Lipinski definition) is 4. The van der Waals surface area contributed by atoms with Gasteiger partial charge < -0.3 is 10.2 Å². The van der Waals surface area contributed by atoms with Crippen molar-refractivity contribution in [2.75, 3.05) is 18.8 Å². The smallest absolute Gasteiger partial charge is 0.222 e. The minimum atomic E-state index is 0.0567. The molecule has 1 heterocycles. The second-order valence-corrected chi connectivity index (χ2v) is 7.56. The molecule has 6 heteroatoms. The molecule has 22 heavy (non-hydrogen) atoms. The first kappa shape index (κ1) is 17.3. The maximum absolute atomic E-state index is 12.0. The Kier molecular flexibility index (Phi) is 6.73. The first-order chi connectivity index (χ1) is 10.5. The lowest BCUT2D eigenvalue weighted by molar-refractivity contribution is -0.128. The maximum atomic E-state index is 12.0. The number of nitrogens with one attached hydrogen (secondary N) is 1. The summed E-state index contributed by atoms with van der Waals surface area (Å²) < 4.78 is 0. The lowest BCUT2D eigenvalue weighted by Gasteiger charge is -2.23. The van der Waals surface area contributed by atoms with Crippen LogP contribution in [0.5, 0.6) is 0 Å². The van der Waals surface area contributed by atoms with Gasteiger partial charge >= 0.3 is 0 Å². The van der Waals surface area contributed by atoms with Crippen LogP contribution < -0.4 is 5.32 Å². The van der Waals surface area contributed by atoms with E-state index in [2.05, 4.69) is 5.32 Å². The minimum absolute atomic E-state index is 0.0567. The lowest BCUT2D eigenvalue weighted by Crippen LogP contribution is -2.38. The van der Waals surface area contributed by atoms with Crippen LogP contribution >= 0.6 is 11.8 Å². The van der Waals surface area contributed by atoms with Crippen LogP contribution in [0.15, 0.2) is 0 Å². The van der Waals surface area contributed by atoms with E-state index in [9.17, 15) is 14.4 Å². The van der Waals surface area contributed by atoms with Crippen LogP contribution in [0, 0.1) is 5.92 Å². The van der Waals surface area contributed by atoms with E-state index in [1.807, 2.05) is 0 Å². The summed E-state index contributed by atoms with van der Waals surface area (Å²) >= 11 is 1.28. The summed E-state index contributed by atoms with van der Waals surface area (Å²) in [5.41, 5.74) is 0. The standard InChI is InChI=1S/C16H26N2O3S/c1-12(19)22-11-13-9-16(21)18(10-13)8-7-15(20)17-14-5-3-2-4-6-14/h13-14H,2-11H2,1H3,(H,17,20). The van der Waals surface area contributed by atoms with Crippen molar-refractivity contribution in [2.45, 2.75) is 57.9 Å². The molecule has 2 aliphatic rings. The van der Waals surface area contributed by atoms with Crippen molar-refractivity contribution in [3.05, 3.63) is 0 Å². The van der Waals surface area contributed by atoms with Gasteiger partial charge in [0.15, 0.2) is 5.12 Å². The quantitative estimate of drug-likeness (QED) is 0.810. The second kappa shape index (κ2) is 8.56. The molecule has 0 aromatic rings. The van der Waals surface area contributed by atoms with Gasteiger partial charge in [-0.05, 0) is 18.8 Å². The largest absolute Gasteiger partial charge is 0.353 e. The Balaban J connectivity index is 1.66. The van der Waals surface area contributed by atoms with Crippen LogP contribution in [0.25, 0.3) is 0 Å². The van der Waals surface area contributed by atoms with Crippen LogP contribution in [-0.4, -0.2) is 46.7 Å². The van der Waals surface area contributed by atoms with E-state index in [0.717, 1.165) is 12.8 Å². The Morgan fingerprint density at radius 3 is 2.68 bits per heavy atom. The van der Waals surface area contributed by atoms with Crippen molar-refractivity contribution in [3.63, 3.8) is 0 Å². The molecule has 5 nitrogen and oxygen atoms in total. The van der Waals surface area contributed by atoms with E-state index >= 15 is 0 Å². The zero-order valence-electron chi connectivity index (χ0n) is 13.3. The molecule has 0 aromatic carbocycles. The Labute approximate surface area is 136 Å². The molecule has 0 radical (unpaired) electrons. The van der Waals surface area contributed by atoms with E-state index in [-0.39, 0.29) is 22.8 Å². The summed E-state index contributed by atoms with van der Waals surface area (Å²) in [5.74, 6) is 1.11. The second-order valence-electron chi connectivity index (χ2n) is 6.36. The summed E-state index contributed by atoms with van der Waals surface area (Å²) in [6.07, 6.45) is 6.72. The van der Waals surface area contributed by atoms with E-state index in [4.69, 9.17) is 0 Å². The van der Waals surface area contributed by atoms with Crippen molar-refractivity contribution in [3.8, 4) is 0 Å². The number of likely N-dealkylation sites (tertiary alicyclic amines) is 1. The number of carbonyl (C=O) groups excluding carboxylic acids is 3. The van der Waals surface area contributed by atoms with Crippen molar-refractivity contribution in [1.82, 2.24) is 10.2 Å². The van der Waals surface area contributed by atoms with Crippen LogP contribution in [-0.2, 0) is 14.4 Å². The molecule has 1 aliphatic heterocycles. The number of amides is 2. The molecule has 2 rings (SSSR count). The van der Waals surface area contributed by atoms with E-state index in [0.29, 0.717) is 37.7 Å². The monoisotopic (exact) mass is 326 g/mol. The van der Waals surface area contributed by atoms with Gasteiger partial charge in [0.2, 0.25) is 11.8 Å². The molecule has 1 saturated carbocycles. The predicted molar refractivity (Wildman–Crippen MR) is 87.5 cm³/mol. The first-order valence-corrected chi connectivity index (χ1v) is 9.23. The van der Waals surface area contributed by atoms with Crippen molar-refractivity contribution in [1.29, 1.82) is 0 Å². The molecule has 0 spiro atoms. The highest BCUT2D eigenvalue weighted by Crippen LogP contribution is 2.22. The number of thioether (sulfide) groups is 1. The highest BCUT2D eigenvalue weighted by molar-refractivity contribution is 8.13. The number of rotatable bonds is 6. The summed E-state index contributed by atoms with van der Waals surface area (Å²) in [7, 11) is 0. The highest BCUT2D eigenvalue weighted by Gasteiger charge is 2.29. The molecule has 0 bridgehead atoms. The summed E-state index contributed by atoms with van der Waals surface area (Å²) in [4.78, 5) is 36.7. The highest BCUT2D eigenvalue weighted by atomic mass is 32.2. The number of hydrogen-bond donors (Lipinski definition) is 1. The van der Waals surface area contributed by atoms with Crippen molar-refractivity contribution in [2.24, 2.45) is 5.92 Å². The maximum Gasteiger partial charge on any atom is 0.222 e. The summed E-state index contributed by atoms with van der Waals surface area (Å²) in [5, 5.41) is 3.18. The van der Waals surface area contributed by atoms with E-state index in [1.54, 1.807) is 11.8 Å². The van der Waals surface area contributed by atoms with E-state index in [1.165, 1.54) is 31.0 Å². The molecule has 2 amide bonds. The van der Waals surface area contributed by atoms with Crippen LogP contribution in [0.1, 0.15) is 51.9 Å². The van der Waals surface area contributed by atoms with Gasteiger partial charge in [0, 0.05) is 44.6 Å².